The highest BCUT2D eigenvalue weighted by atomic mass is 79.9. The van der Waals surface area contributed by atoms with E-state index in [0.29, 0.717) is 11.4 Å². The summed E-state index contributed by atoms with van der Waals surface area (Å²) in [5, 5.41) is 2.93. The number of hydrogen-bond acceptors (Lipinski definition) is 4. The van der Waals surface area contributed by atoms with E-state index in [1.807, 2.05) is 6.07 Å². The topological polar surface area (TPSA) is 64.6 Å². The van der Waals surface area contributed by atoms with Crippen molar-refractivity contribution in [3.63, 3.8) is 0 Å². The van der Waals surface area contributed by atoms with Crippen LogP contribution in [0.4, 0.5) is 5.69 Å². The van der Waals surface area contributed by atoms with Crippen molar-refractivity contribution < 1.29 is 19.1 Å². The number of rotatable bonds is 3. The Morgan fingerprint density at radius 2 is 2.23 bits per heavy atom. The Kier molecular flexibility index (Phi) is 3.18. The smallest absolute Gasteiger partial charge is 0.310 e. The Morgan fingerprint density at radius 1 is 1.41 bits per heavy atom. The Labute approximate surface area is 136 Å². The van der Waals surface area contributed by atoms with Gasteiger partial charge in [0, 0.05) is 10.4 Å². The van der Waals surface area contributed by atoms with Crippen LogP contribution in [0.5, 0.6) is 5.75 Å². The standard InChI is InChI=1S/C16H16BrNO4/c1-21-12-6-8(17)2-3-10(12)18-15(19)13-7-4-9-11(5-7)22-16(20)14(9)13/h2-3,6-7,9,11,13-14H,4-5H2,1H3,(H,18,19)/t7-,9+,11+,13-,14+/m1/s1. The number of carbonyl (C=O) groups is 2. The molecule has 1 heterocycles. The SMILES string of the molecule is COc1cc(Br)ccc1NC(=O)[C@@H]1[C@@H]2C[C@@H]3[C@@H]1C(=O)O[C@H]3C2. The van der Waals surface area contributed by atoms with Crippen LogP contribution < -0.4 is 10.1 Å². The summed E-state index contributed by atoms with van der Waals surface area (Å²) in [5.41, 5.74) is 0.626. The molecule has 3 aliphatic rings. The van der Waals surface area contributed by atoms with Crippen molar-refractivity contribution in [2.24, 2.45) is 23.7 Å². The molecule has 2 bridgehead atoms. The molecule has 3 fully saturated rings. The van der Waals surface area contributed by atoms with Crippen LogP contribution in [0, 0.1) is 23.7 Å². The van der Waals surface area contributed by atoms with Gasteiger partial charge in [-0.1, -0.05) is 15.9 Å². The van der Waals surface area contributed by atoms with Crippen LogP contribution in [0.25, 0.3) is 0 Å². The van der Waals surface area contributed by atoms with Gasteiger partial charge in [0.1, 0.15) is 11.9 Å². The van der Waals surface area contributed by atoms with Gasteiger partial charge in [-0.05, 0) is 37.0 Å². The Bertz CT molecular complexity index is 660. The van der Waals surface area contributed by atoms with Crippen molar-refractivity contribution in [2.45, 2.75) is 18.9 Å². The van der Waals surface area contributed by atoms with Crippen molar-refractivity contribution in [1.82, 2.24) is 0 Å². The molecule has 4 rings (SSSR count). The number of nitrogens with one attached hydrogen (secondary N) is 1. The molecule has 0 spiro atoms. The summed E-state index contributed by atoms with van der Waals surface area (Å²) in [7, 11) is 1.56. The molecular formula is C16H16BrNO4. The third kappa shape index (κ3) is 1.96. The molecule has 2 aliphatic carbocycles. The van der Waals surface area contributed by atoms with E-state index in [0.717, 1.165) is 17.3 Å². The lowest BCUT2D eigenvalue weighted by atomic mass is 9.79. The van der Waals surface area contributed by atoms with E-state index in [1.165, 1.54) is 0 Å². The fraction of sp³-hybridized carbons (Fsp3) is 0.500. The van der Waals surface area contributed by atoms with Crippen LogP contribution in [-0.2, 0) is 14.3 Å². The molecule has 0 aromatic heterocycles. The van der Waals surface area contributed by atoms with Gasteiger partial charge in [0.25, 0.3) is 0 Å². The zero-order valence-electron chi connectivity index (χ0n) is 12.0. The van der Waals surface area contributed by atoms with Gasteiger partial charge >= 0.3 is 5.97 Å². The normalized spacial score (nSPS) is 34.6. The van der Waals surface area contributed by atoms with E-state index >= 15 is 0 Å². The van der Waals surface area contributed by atoms with Crippen LogP contribution >= 0.6 is 15.9 Å². The number of halogens is 1. The molecule has 1 aromatic carbocycles. The Balaban J connectivity index is 1.57. The summed E-state index contributed by atoms with van der Waals surface area (Å²) in [6, 6.07) is 5.44. The molecular weight excluding hydrogens is 350 g/mol. The van der Waals surface area contributed by atoms with Crippen LogP contribution in [0.3, 0.4) is 0 Å². The number of anilines is 1. The molecule has 1 saturated heterocycles. The molecule has 0 unspecified atom stereocenters. The monoisotopic (exact) mass is 365 g/mol. The number of ether oxygens (including phenoxy) is 2. The lowest BCUT2D eigenvalue weighted by Crippen LogP contribution is -2.35. The predicted molar refractivity (Wildman–Crippen MR) is 82.4 cm³/mol. The van der Waals surface area contributed by atoms with E-state index in [2.05, 4.69) is 21.2 Å². The molecule has 6 heteroatoms. The number of amides is 1. The van der Waals surface area contributed by atoms with Crippen molar-refractivity contribution >= 4 is 33.5 Å². The molecule has 1 aliphatic heterocycles. The second kappa shape index (κ2) is 4.98. The van der Waals surface area contributed by atoms with Crippen molar-refractivity contribution in [1.29, 1.82) is 0 Å². The molecule has 22 heavy (non-hydrogen) atoms. The second-order valence-electron chi connectivity index (χ2n) is 6.26. The molecule has 5 atom stereocenters. The average molecular weight is 366 g/mol. The van der Waals surface area contributed by atoms with E-state index in [1.54, 1.807) is 19.2 Å². The quantitative estimate of drug-likeness (QED) is 0.836. The van der Waals surface area contributed by atoms with Gasteiger partial charge in [-0.25, -0.2) is 0 Å². The van der Waals surface area contributed by atoms with E-state index in [-0.39, 0.29) is 41.7 Å². The molecule has 1 aromatic rings. The van der Waals surface area contributed by atoms with E-state index < -0.39 is 0 Å². The maximum atomic E-state index is 12.7. The van der Waals surface area contributed by atoms with Crippen molar-refractivity contribution in [2.75, 3.05) is 12.4 Å². The molecule has 1 amide bonds. The number of hydrogen-bond donors (Lipinski definition) is 1. The fourth-order valence-corrected chi connectivity index (χ4v) is 4.69. The average Bonchev–Trinajstić information content (AvgIpc) is 3.10. The highest BCUT2D eigenvalue weighted by molar-refractivity contribution is 9.10. The van der Waals surface area contributed by atoms with Gasteiger partial charge < -0.3 is 14.8 Å². The summed E-state index contributed by atoms with van der Waals surface area (Å²) in [5.74, 6) is 0.258. The van der Waals surface area contributed by atoms with Crippen LogP contribution in [0.15, 0.2) is 22.7 Å². The fourth-order valence-electron chi connectivity index (χ4n) is 4.35. The second-order valence-corrected chi connectivity index (χ2v) is 7.17. The summed E-state index contributed by atoms with van der Waals surface area (Å²) in [4.78, 5) is 24.7. The first-order valence-corrected chi connectivity index (χ1v) is 8.22. The van der Waals surface area contributed by atoms with E-state index in [4.69, 9.17) is 9.47 Å². The van der Waals surface area contributed by atoms with Crippen LogP contribution in [0.1, 0.15) is 12.8 Å². The van der Waals surface area contributed by atoms with Crippen LogP contribution in [0.2, 0.25) is 0 Å². The largest absolute Gasteiger partial charge is 0.495 e. The lowest BCUT2D eigenvalue weighted by Gasteiger charge is -2.24. The minimum absolute atomic E-state index is 0.0498. The number of carbonyl (C=O) groups excluding carboxylic acids is 2. The Hall–Kier alpha value is -1.56. The molecule has 1 N–H and O–H groups in total. The van der Waals surface area contributed by atoms with Gasteiger partial charge in [-0.15, -0.1) is 0 Å². The maximum absolute atomic E-state index is 12.7. The lowest BCUT2D eigenvalue weighted by molar-refractivity contribution is -0.145. The first-order valence-electron chi connectivity index (χ1n) is 7.43. The maximum Gasteiger partial charge on any atom is 0.310 e. The minimum atomic E-state index is -0.274. The van der Waals surface area contributed by atoms with Crippen molar-refractivity contribution in [3.05, 3.63) is 22.7 Å². The number of fused-ring (bicyclic) bond motifs is 1. The van der Waals surface area contributed by atoms with Gasteiger partial charge in [-0.3, -0.25) is 9.59 Å². The predicted octanol–water partition coefficient (Wildman–Crippen LogP) is 2.59. The van der Waals surface area contributed by atoms with Gasteiger partial charge in [0.15, 0.2) is 0 Å². The van der Waals surface area contributed by atoms with Crippen LogP contribution in [-0.4, -0.2) is 25.1 Å². The third-order valence-corrected chi connectivity index (χ3v) is 5.70. The third-order valence-electron chi connectivity index (χ3n) is 5.21. The van der Waals surface area contributed by atoms with E-state index in [9.17, 15) is 9.59 Å². The zero-order valence-corrected chi connectivity index (χ0v) is 13.6. The Morgan fingerprint density at radius 3 is 3.00 bits per heavy atom. The molecule has 2 saturated carbocycles. The summed E-state index contributed by atoms with van der Waals surface area (Å²) >= 11 is 3.38. The summed E-state index contributed by atoms with van der Waals surface area (Å²) < 4.78 is 11.6. The highest BCUT2D eigenvalue weighted by Crippen LogP contribution is 2.57. The minimum Gasteiger partial charge on any atom is -0.495 e. The summed E-state index contributed by atoms with van der Waals surface area (Å²) in [6.07, 6.45) is 1.80. The number of methoxy groups -OCH3 is 1. The zero-order chi connectivity index (χ0) is 15.4. The van der Waals surface area contributed by atoms with Gasteiger partial charge in [-0.2, -0.15) is 0 Å². The number of benzene rings is 1. The molecule has 5 nitrogen and oxygen atoms in total. The number of esters is 1. The first-order chi connectivity index (χ1) is 10.6. The van der Waals surface area contributed by atoms with Crippen molar-refractivity contribution in [3.8, 4) is 5.75 Å². The van der Waals surface area contributed by atoms with Gasteiger partial charge in [0.05, 0.1) is 24.6 Å². The van der Waals surface area contributed by atoms with Gasteiger partial charge in [0.2, 0.25) is 5.91 Å². The highest BCUT2D eigenvalue weighted by Gasteiger charge is 2.63. The summed E-state index contributed by atoms with van der Waals surface area (Å²) in [6.45, 7) is 0. The molecule has 0 radical (unpaired) electrons. The molecule has 116 valence electrons. The first kappa shape index (κ1) is 14.1.